The first-order valence-electron chi connectivity index (χ1n) is 16.7. The van der Waals surface area contributed by atoms with Crippen molar-refractivity contribution in [3.05, 3.63) is 96.8 Å². The zero-order valence-corrected chi connectivity index (χ0v) is 29.6. The normalized spacial score (nSPS) is 18.8. The summed E-state index contributed by atoms with van der Waals surface area (Å²) in [6.07, 6.45) is -3.12. The smallest absolute Gasteiger partial charge is 0.433 e. The van der Waals surface area contributed by atoms with Crippen LogP contribution in [0.3, 0.4) is 0 Å². The number of ether oxygens (including phenoxy) is 3. The zero-order chi connectivity index (χ0) is 37.1. The van der Waals surface area contributed by atoms with E-state index in [1.807, 2.05) is 30.3 Å². The average molecular weight is 737 g/mol. The van der Waals surface area contributed by atoms with Gasteiger partial charge in [-0.1, -0.05) is 41.9 Å². The Kier molecular flexibility index (Phi) is 9.36. The van der Waals surface area contributed by atoms with Gasteiger partial charge in [0.2, 0.25) is 5.88 Å². The van der Waals surface area contributed by atoms with Crippen LogP contribution in [0.2, 0.25) is 5.02 Å². The number of nitrogens with one attached hydrogen (secondary N) is 1. The summed E-state index contributed by atoms with van der Waals surface area (Å²) in [5, 5.41) is 3.20. The quantitative estimate of drug-likeness (QED) is 0.216. The Hall–Kier alpha value is -4.76. The Morgan fingerprint density at radius 2 is 1.75 bits per heavy atom. The lowest BCUT2D eigenvalue weighted by molar-refractivity contribution is -0.141. The molecular formula is C37H36ClF3N6O5. The molecule has 2 aliphatic rings. The molecule has 5 aromatic rings. The van der Waals surface area contributed by atoms with Crippen LogP contribution in [0, 0.1) is 6.92 Å². The van der Waals surface area contributed by atoms with Crippen molar-refractivity contribution in [3.8, 4) is 28.3 Å². The molecule has 0 saturated carbocycles. The van der Waals surface area contributed by atoms with Gasteiger partial charge in [-0.05, 0) is 54.7 Å². The molecule has 2 aromatic carbocycles. The summed E-state index contributed by atoms with van der Waals surface area (Å²) >= 11 is 7.13. The molecule has 3 atom stereocenters. The van der Waals surface area contributed by atoms with Crippen LogP contribution in [-0.2, 0) is 42.6 Å². The van der Waals surface area contributed by atoms with Crippen LogP contribution in [0.15, 0.2) is 58.1 Å². The number of halogens is 4. The Labute approximate surface area is 301 Å². The number of anilines is 2. The molecule has 272 valence electrons. The summed E-state index contributed by atoms with van der Waals surface area (Å²) in [6.45, 7) is 2.87. The molecule has 3 aromatic heterocycles. The van der Waals surface area contributed by atoms with E-state index in [4.69, 9.17) is 36.5 Å². The van der Waals surface area contributed by atoms with Gasteiger partial charge >= 0.3 is 11.9 Å². The molecule has 1 saturated heterocycles. The highest BCUT2D eigenvalue weighted by Gasteiger charge is 2.35. The van der Waals surface area contributed by atoms with Crippen LogP contribution in [0.25, 0.3) is 33.3 Å². The number of methoxy groups -OCH3 is 1. The van der Waals surface area contributed by atoms with Crippen molar-refractivity contribution >= 4 is 34.0 Å². The van der Waals surface area contributed by atoms with Crippen LogP contribution in [0.1, 0.15) is 28.8 Å². The van der Waals surface area contributed by atoms with Crippen LogP contribution in [-0.4, -0.2) is 57.7 Å². The lowest BCUT2D eigenvalue weighted by Crippen LogP contribution is -2.46. The first kappa shape index (κ1) is 35.6. The third-order valence-corrected chi connectivity index (χ3v) is 10.3. The first-order valence-corrected chi connectivity index (χ1v) is 17.0. The van der Waals surface area contributed by atoms with Gasteiger partial charge < -0.3 is 25.3 Å². The molecule has 11 nitrogen and oxygen atoms in total. The fourth-order valence-electron chi connectivity index (χ4n) is 7.02. The fraction of sp³-hybridized carbons (Fsp3) is 0.351. The highest BCUT2D eigenvalue weighted by atomic mass is 35.5. The minimum absolute atomic E-state index is 0.0880. The molecule has 0 radical (unpaired) electrons. The fourth-order valence-corrected chi connectivity index (χ4v) is 7.34. The van der Waals surface area contributed by atoms with Gasteiger partial charge in [0, 0.05) is 55.5 Å². The van der Waals surface area contributed by atoms with Gasteiger partial charge in [0.1, 0.15) is 16.9 Å². The monoisotopic (exact) mass is 736 g/mol. The highest BCUT2D eigenvalue weighted by molar-refractivity contribution is 6.36. The summed E-state index contributed by atoms with van der Waals surface area (Å²) in [5.41, 5.74) is 8.88. The van der Waals surface area contributed by atoms with Crippen molar-refractivity contribution in [1.82, 2.24) is 19.1 Å². The lowest BCUT2D eigenvalue weighted by atomic mass is 9.96. The molecule has 1 aliphatic heterocycles. The number of nitrogens with two attached hydrogens (primary N) is 1. The largest absolute Gasteiger partial charge is 0.481 e. The molecule has 1 unspecified atom stereocenters. The Morgan fingerprint density at radius 1 is 1.02 bits per heavy atom. The van der Waals surface area contributed by atoms with E-state index in [9.17, 15) is 22.8 Å². The van der Waals surface area contributed by atoms with E-state index >= 15 is 0 Å². The Bertz CT molecular complexity index is 2340. The number of hydrogen-bond donors (Lipinski definition) is 2. The zero-order valence-electron chi connectivity index (χ0n) is 28.8. The molecule has 3 N–H and O–H groups in total. The van der Waals surface area contributed by atoms with E-state index in [-0.39, 0.29) is 35.0 Å². The van der Waals surface area contributed by atoms with Crippen LogP contribution in [0.4, 0.5) is 24.7 Å². The second-order valence-corrected chi connectivity index (χ2v) is 13.5. The minimum Gasteiger partial charge on any atom is -0.481 e. The third kappa shape index (κ3) is 6.33. The molecule has 0 bridgehead atoms. The van der Waals surface area contributed by atoms with E-state index < -0.39 is 23.1 Å². The number of nitrogens with zero attached hydrogens (tertiary/aromatic N) is 4. The molecule has 4 heterocycles. The van der Waals surface area contributed by atoms with Gasteiger partial charge in [-0.3, -0.25) is 13.9 Å². The standard InChI is InChI=1S/C37H36ClF3N6O5/c1-18-21(7-6-10-26(18)43-33-31-28(16-30(45-33)37(39,40)41)46(2)36(49)47(3)35(31)48)22-8-5-9-23(32(22)38)27-14-19-13-20(15-24(19)34(44-27)50-4)52-29-17-51-12-11-25(29)42/h5-10,14,16,20,25,29H,11-13,15,17,42H2,1-4H3,(H,43,45)/t20?,25-,29+/m1/s1. The predicted molar refractivity (Wildman–Crippen MR) is 191 cm³/mol. The topological polar surface area (TPSA) is 136 Å². The predicted octanol–water partition coefficient (Wildman–Crippen LogP) is 5.69. The second kappa shape index (κ2) is 13.7. The lowest BCUT2D eigenvalue weighted by Gasteiger charge is -2.30. The number of rotatable bonds is 7. The van der Waals surface area contributed by atoms with Crippen molar-refractivity contribution < 1.29 is 27.4 Å². The van der Waals surface area contributed by atoms with E-state index in [0.717, 1.165) is 26.7 Å². The van der Waals surface area contributed by atoms with E-state index in [1.54, 1.807) is 26.2 Å². The maximum absolute atomic E-state index is 14.0. The number of pyridine rings is 2. The molecule has 1 fully saturated rings. The van der Waals surface area contributed by atoms with Gasteiger partial charge in [-0.15, -0.1) is 0 Å². The van der Waals surface area contributed by atoms with Crippen molar-refractivity contribution in [2.75, 3.05) is 25.6 Å². The molecule has 15 heteroatoms. The molecule has 0 spiro atoms. The third-order valence-electron chi connectivity index (χ3n) is 9.87. The van der Waals surface area contributed by atoms with Gasteiger partial charge in [-0.25, -0.2) is 14.8 Å². The number of alkyl halides is 3. The van der Waals surface area contributed by atoms with Crippen LogP contribution < -0.4 is 27.0 Å². The summed E-state index contributed by atoms with van der Waals surface area (Å²) in [7, 11) is 4.13. The van der Waals surface area contributed by atoms with Crippen LogP contribution >= 0.6 is 11.6 Å². The van der Waals surface area contributed by atoms with Crippen LogP contribution in [0.5, 0.6) is 5.88 Å². The Balaban J connectivity index is 1.25. The Morgan fingerprint density at radius 3 is 2.48 bits per heavy atom. The van der Waals surface area contributed by atoms with E-state index in [1.165, 1.54) is 14.1 Å². The van der Waals surface area contributed by atoms with Gasteiger partial charge in [0.15, 0.2) is 0 Å². The summed E-state index contributed by atoms with van der Waals surface area (Å²) in [5.74, 6) is 0.145. The van der Waals surface area contributed by atoms with Gasteiger partial charge in [-0.2, -0.15) is 13.2 Å². The average Bonchev–Trinajstić information content (AvgIpc) is 3.53. The number of benzene rings is 2. The van der Waals surface area contributed by atoms with E-state index in [2.05, 4.69) is 10.3 Å². The number of hydrogen-bond acceptors (Lipinski definition) is 9. The number of aryl methyl sites for hydroxylation is 1. The van der Waals surface area contributed by atoms with Crippen molar-refractivity contribution in [3.63, 3.8) is 0 Å². The maximum Gasteiger partial charge on any atom is 0.433 e. The van der Waals surface area contributed by atoms with Gasteiger partial charge in [0.25, 0.3) is 5.56 Å². The SMILES string of the molecule is COc1nc(-c2cccc(-c3cccc(Nc4nc(C(F)(F)F)cc5c4c(=O)n(C)c(=O)n5C)c3C)c2Cl)cc2c1CC(O[C@H]1COCC[C@H]1N)C2. The van der Waals surface area contributed by atoms with Crippen molar-refractivity contribution in [2.24, 2.45) is 19.8 Å². The number of aromatic nitrogens is 4. The highest BCUT2D eigenvalue weighted by Crippen LogP contribution is 2.42. The molecule has 1 aliphatic carbocycles. The minimum atomic E-state index is -4.84. The summed E-state index contributed by atoms with van der Waals surface area (Å²) in [6, 6.07) is 13.4. The molecule has 0 amide bonds. The summed E-state index contributed by atoms with van der Waals surface area (Å²) < 4.78 is 61.4. The van der Waals surface area contributed by atoms with E-state index in [0.29, 0.717) is 76.7 Å². The summed E-state index contributed by atoms with van der Waals surface area (Å²) in [4.78, 5) is 34.5. The van der Waals surface area contributed by atoms with Crippen molar-refractivity contribution in [2.45, 2.75) is 50.6 Å². The molecule has 52 heavy (non-hydrogen) atoms. The van der Waals surface area contributed by atoms with Crippen molar-refractivity contribution in [1.29, 1.82) is 0 Å². The maximum atomic E-state index is 14.0. The van der Waals surface area contributed by atoms with Gasteiger partial charge in [0.05, 0.1) is 42.2 Å². The second-order valence-electron chi connectivity index (χ2n) is 13.1. The molecular weight excluding hydrogens is 701 g/mol. The molecule has 7 rings (SSSR count). The number of fused-ring (bicyclic) bond motifs is 2. The first-order chi connectivity index (χ1) is 24.8.